The number of nitrogens with zero attached hydrogens (tertiary/aromatic N) is 4. The van der Waals surface area contributed by atoms with E-state index in [4.69, 9.17) is 4.74 Å². The second-order valence-electron chi connectivity index (χ2n) is 8.00. The first-order chi connectivity index (χ1) is 14.3. The minimum absolute atomic E-state index is 0.0707. The van der Waals surface area contributed by atoms with E-state index in [-0.39, 0.29) is 18.1 Å². The molecule has 4 rings (SSSR count). The van der Waals surface area contributed by atoms with Gasteiger partial charge in [-0.15, -0.1) is 0 Å². The number of ether oxygens (including phenoxy) is 1. The molecule has 0 bridgehead atoms. The number of hydrogen-bond donors (Lipinski definition) is 1. The summed E-state index contributed by atoms with van der Waals surface area (Å²) in [6.07, 6.45) is 0.617. The summed E-state index contributed by atoms with van der Waals surface area (Å²) in [7, 11) is 0. The molecule has 0 fully saturated rings. The molecular formula is C23H27N5O2. The van der Waals surface area contributed by atoms with Crippen molar-refractivity contribution in [2.24, 2.45) is 0 Å². The number of rotatable bonds is 5. The van der Waals surface area contributed by atoms with Crippen LogP contribution in [0.5, 0.6) is 5.75 Å². The SMILES string of the molecule is Cc1cc(C)nc(-c2cccc3c2O[C@H](CNC(=O)[C@H](C)n2nc(C)cc2C)C3)n1. The van der Waals surface area contributed by atoms with Gasteiger partial charge < -0.3 is 10.1 Å². The van der Waals surface area contributed by atoms with Crippen LogP contribution in [0, 0.1) is 27.7 Å². The van der Waals surface area contributed by atoms with E-state index in [0.717, 1.165) is 46.1 Å². The predicted octanol–water partition coefficient (Wildman–Crippen LogP) is 3.25. The van der Waals surface area contributed by atoms with Crippen LogP contribution < -0.4 is 10.1 Å². The first-order valence-corrected chi connectivity index (χ1v) is 10.2. The standard InChI is InChI=1S/C23H27N5O2/c1-13-9-14(2)26-22(25-13)20-8-6-7-18-11-19(30-21(18)20)12-24-23(29)17(5)28-16(4)10-15(3)27-28/h6-10,17,19H,11-12H2,1-5H3,(H,24,29)/t17-,19-/m0/s1. The van der Waals surface area contributed by atoms with Gasteiger partial charge in [-0.25, -0.2) is 9.97 Å². The number of nitrogens with one attached hydrogen (secondary N) is 1. The largest absolute Gasteiger partial charge is 0.487 e. The van der Waals surface area contributed by atoms with Crippen LogP contribution in [-0.4, -0.2) is 38.3 Å². The summed E-state index contributed by atoms with van der Waals surface area (Å²) in [6, 6.07) is 9.60. The Bertz CT molecular complexity index is 1080. The first-order valence-electron chi connectivity index (χ1n) is 10.2. The van der Waals surface area contributed by atoms with Crippen molar-refractivity contribution in [1.82, 2.24) is 25.1 Å². The summed E-state index contributed by atoms with van der Waals surface area (Å²) in [6.45, 7) is 10.1. The number of amides is 1. The van der Waals surface area contributed by atoms with E-state index < -0.39 is 0 Å². The Kier molecular flexibility index (Phi) is 5.28. The van der Waals surface area contributed by atoms with E-state index in [1.165, 1.54) is 0 Å². The molecule has 156 valence electrons. The van der Waals surface area contributed by atoms with Gasteiger partial charge in [0.25, 0.3) is 0 Å². The number of benzene rings is 1. The minimum atomic E-state index is -0.373. The third-order valence-corrected chi connectivity index (χ3v) is 5.35. The third kappa shape index (κ3) is 3.92. The van der Waals surface area contributed by atoms with E-state index in [0.29, 0.717) is 12.4 Å². The Morgan fingerprint density at radius 1 is 1.17 bits per heavy atom. The highest BCUT2D eigenvalue weighted by Crippen LogP contribution is 2.37. The maximum Gasteiger partial charge on any atom is 0.244 e. The van der Waals surface area contributed by atoms with Crippen LogP contribution in [0.25, 0.3) is 11.4 Å². The molecule has 1 N–H and O–H groups in total. The van der Waals surface area contributed by atoms with Crippen molar-refractivity contribution in [1.29, 1.82) is 0 Å². The van der Waals surface area contributed by atoms with E-state index >= 15 is 0 Å². The summed E-state index contributed by atoms with van der Waals surface area (Å²) in [5.41, 5.74) is 5.73. The molecule has 1 amide bonds. The van der Waals surface area contributed by atoms with Crippen LogP contribution in [0.2, 0.25) is 0 Å². The summed E-state index contributed by atoms with van der Waals surface area (Å²) in [5.74, 6) is 1.42. The maximum atomic E-state index is 12.7. The molecule has 0 saturated carbocycles. The molecule has 1 aliphatic rings. The summed E-state index contributed by atoms with van der Waals surface area (Å²) < 4.78 is 7.97. The van der Waals surface area contributed by atoms with Crippen molar-refractivity contribution in [3.8, 4) is 17.1 Å². The van der Waals surface area contributed by atoms with Crippen LogP contribution in [0.1, 0.15) is 41.3 Å². The summed E-state index contributed by atoms with van der Waals surface area (Å²) >= 11 is 0. The van der Waals surface area contributed by atoms with Gasteiger partial charge in [0.05, 0.1) is 17.8 Å². The first kappa shape index (κ1) is 20.1. The number of fused-ring (bicyclic) bond motifs is 1. The molecule has 2 aromatic heterocycles. The topological polar surface area (TPSA) is 81.9 Å². The van der Waals surface area contributed by atoms with Gasteiger partial charge in [0, 0.05) is 23.5 Å². The quantitative estimate of drug-likeness (QED) is 0.705. The van der Waals surface area contributed by atoms with Crippen molar-refractivity contribution in [3.63, 3.8) is 0 Å². The lowest BCUT2D eigenvalue weighted by molar-refractivity contribution is -0.124. The molecule has 3 aromatic rings. The Morgan fingerprint density at radius 3 is 2.57 bits per heavy atom. The Morgan fingerprint density at radius 2 is 1.90 bits per heavy atom. The highest BCUT2D eigenvalue weighted by Gasteiger charge is 2.28. The van der Waals surface area contributed by atoms with Crippen LogP contribution >= 0.6 is 0 Å². The molecule has 0 unspecified atom stereocenters. The predicted molar refractivity (Wildman–Crippen MR) is 114 cm³/mol. The number of aromatic nitrogens is 4. The number of para-hydroxylation sites is 1. The van der Waals surface area contributed by atoms with Crippen molar-refractivity contribution < 1.29 is 9.53 Å². The molecular weight excluding hydrogens is 378 g/mol. The Labute approximate surface area is 176 Å². The molecule has 1 aromatic carbocycles. The molecule has 0 spiro atoms. The fraction of sp³-hybridized carbons (Fsp3) is 0.391. The average Bonchev–Trinajstić information content (AvgIpc) is 3.26. The monoisotopic (exact) mass is 405 g/mol. The third-order valence-electron chi connectivity index (χ3n) is 5.35. The molecule has 3 heterocycles. The zero-order valence-electron chi connectivity index (χ0n) is 18.1. The molecule has 0 aliphatic carbocycles. The van der Waals surface area contributed by atoms with Gasteiger partial charge in [0.2, 0.25) is 5.91 Å². The highest BCUT2D eigenvalue weighted by atomic mass is 16.5. The van der Waals surface area contributed by atoms with E-state index in [1.54, 1.807) is 4.68 Å². The second-order valence-corrected chi connectivity index (χ2v) is 8.00. The molecule has 0 radical (unpaired) electrons. The Hall–Kier alpha value is -3.22. The van der Waals surface area contributed by atoms with Crippen LogP contribution in [-0.2, 0) is 11.2 Å². The van der Waals surface area contributed by atoms with E-state index in [2.05, 4.69) is 26.4 Å². The highest BCUT2D eigenvalue weighted by molar-refractivity contribution is 5.80. The molecule has 7 heteroatoms. The van der Waals surface area contributed by atoms with Gasteiger partial charge in [-0.2, -0.15) is 5.10 Å². The van der Waals surface area contributed by atoms with Gasteiger partial charge in [0.1, 0.15) is 17.9 Å². The summed E-state index contributed by atoms with van der Waals surface area (Å²) in [4.78, 5) is 21.8. The lowest BCUT2D eigenvalue weighted by Gasteiger charge is -2.17. The lowest BCUT2D eigenvalue weighted by atomic mass is 10.1. The second kappa shape index (κ2) is 7.89. The molecule has 0 saturated heterocycles. The van der Waals surface area contributed by atoms with Gasteiger partial charge in [0.15, 0.2) is 5.82 Å². The number of hydrogen-bond acceptors (Lipinski definition) is 5. The fourth-order valence-electron chi connectivity index (χ4n) is 3.99. The van der Waals surface area contributed by atoms with Crippen LogP contribution in [0.4, 0.5) is 0 Å². The summed E-state index contributed by atoms with van der Waals surface area (Å²) in [5, 5.41) is 7.43. The minimum Gasteiger partial charge on any atom is -0.487 e. The van der Waals surface area contributed by atoms with Crippen molar-refractivity contribution in [2.75, 3.05) is 6.54 Å². The maximum absolute atomic E-state index is 12.7. The van der Waals surface area contributed by atoms with Gasteiger partial charge in [-0.3, -0.25) is 9.48 Å². The zero-order chi connectivity index (χ0) is 21.4. The molecule has 1 aliphatic heterocycles. The van der Waals surface area contributed by atoms with Gasteiger partial charge >= 0.3 is 0 Å². The number of carbonyl (C=O) groups excluding carboxylic acids is 1. The van der Waals surface area contributed by atoms with Crippen LogP contribution in [0.15, 0.2) is 30.3 Å². The van der Waals surface area contributed by atoms with Gasteiger partial charge in [-0.1, -0.05) is 12.1 Å². The lowest BCUT2D eigenvalue weighted by Crippen LogP contribution is -2.38. The number of carbonyl (C=O) groups is 1. The van der Waals surface area contributed by atoms with Gasteiger partial charge in [-0.05, 0) is 58.4 Å². The van der Waals surface area contributed by atoms with Crippen molar-refractivity contribution in [3.05, 3.63) is 58.7 Å². The van der Waals surface area contributed by atoms with Crippen molar-refractivity contribution >= 4 is 5.91 Å². The number of aryl methyl sites for hydroxylation is 4. The fourth-order valence-corrected chi connectivity index (χ4v) is 3.99. The van der Waals surface area contributed by atoms with Crippen molar-refractivity contribution in [2.45, 2.75) is 53.2 Å². The molecule has 2 atom stereocenters. The molecule has 7 nitrogen and oxygen atoms in total. The normalized spacial score (nSPS) is 16.1. The smallest absolute Gasteiger partial charge is 0.244 e. The Balaban J connectivity index is 1.45. The average molecular weight is 406 g/mol. The van der Waals surface area contributed by atoms with Crippen LogP contribution in [0.3, 0.4) is 0 Å². The van der Waals surface area contributed by atoms with E-state index in [9.17, 15) is 4.79 Å². The molecule has 30 heavy (non-hydrogen) atoms. The van der Waals surface area contributed by atoms with E-state index in [1.807, 2.05) is 58.9 Å². The zero-order valence-corrected chi connectivity index (χ0v) is 18.1.